The zero-order valence-corrected chi connectivity index (χ0v) is 11.0. The molecular weight excluding hydrogens is 170 g/mol. The predicted molar refractivity (Wildman–Crippen MR) is 65.6 cm³/mol. The largest absolute Gasteiger partial charge is 0.319 e. The Balaban J connectivity index is 4.34. The predicted octanol–water partition coefficient (Wildman–Crippen LogP) is 3.69. The molecule has 0 spiro atoms. The summed E-state index contributed by atoms with van der Waals surface area (Å²) in [5.74, 6) is 1.66. The van der Waals surface area contributed by atoms with Gasteiger partial charge in [-0.05, 0) is 30.7 Å². The molecule has 0 aromatic carbocycles. The molecule has 0 amide bonds. The Kier molecular flexibility index (Phi) is 6.43. The van der Waals surface area contributed by atoms with Crippen LogP contribution in [0.5, 0.6) is 0 Å². The lowest BCUT2D eigenvalue weighted by Crippen LogP contribution is -2.36. The Morgan fingerprint density at radius 2 is 1.64 bits per heavy atom. The maximum Gasteiger partial charge on any atom is 0.000471 e. The maximum absolute atomic E-state index is 3.34. The fraction of sp³-hybridized carbons (Fsp3) is 1.00. The van der Waals surface area contributed by atoms with Gasteiger partial charge in [0.25, 0.3) is 0 Å². The highest BCUT2D eigenvalue weighted by Crippen LogP contribution is 2.35. The summed E-state index contributed by atoms with van der Waals surface area (Å²) in [6, 6.07) is 0. The second-order valence-electron chi connectivity index (χ2n) is 5.23. The van der Waals surface area contributed by atoms with Crippen LogP contribution in [0.1, 0.15) is 53.9 Å². The van der Waals surface area contributed by atoms with Gasteiger partial charge in [0.15, 0.2) is 0 Å². The third-order valence-electron chi connectivity index (χ3n) is 3.88. The van der Waals surface area contributed by atoms with E-state index in [1.54, 1.807) is 0 Å². The SMILES string of the molecule is CCC(CC)CC(C)(CNC)C(C)C. The molecule has 0 aliphatic rings. The zero-order valence-electron chi connectivity index (χ0n) is 11.0. The van der Waals surface area contributed by atoms with E-state index in [-0.39, 0.29) is 0 Å². The van der Waals surface area contributed by atoms with Gasteiger partial charge in [0.05, 0.1) is 0 Å². The van der Waals surface area contributed by atoms with Gasteiger partial charge in [0.2, 0.25) is 0 Å². The zero-order chi connectivity index (χ0) is 11.2. The first-order valence-electron chi connectivity index (χ1n) is 6.14. The average Bonchev–Trinajstić information content (AvgIpc) is 2.14. The van der Waals surface area contributed by atoms with Gasteiger partial charge < -0.3 is 5.32 Å². The van der Waals surface area contributed by atoms with Crippen molar-refractivity contribution in [3.8, 4) is 0 Å². The highest BCUT2D eigenvalue weighted by molar-refractivity contribution is 4.82. The molecule has 0 saturated carbocycles. The van der Waals surface area contributed by atoms with Crippen LogP contribution in [0.3, 0.4) is 0 Å². The monoisotopic (exact) mass is 199 g/mol. The minimum absolute atomic E-state index is 0.464. The van der Waals surface area contributed by atoms with Gasteiger partial charge in [-0.2, -0.15) is 0 Å². The van der Waals surface area contributed by atoms with E-state index in [0.29, 0.717) is 5.41 Å². The van der Waals surface area contributed by atoms with E-state index in [0.717, 1.165) is 18.4 Å². The summed E-state index contributed by atoms with van der Waals surface area (Å²) in [4.78, 5) is 0. The highest BCUT2D eigenvalue weighted by atomic mass is 14.8. The molecule has 86 valence electrons. The van der Waals surface area contributed by atoms with E-state index >= 15 is 0 Å². The number of hydrogen-bond donors (Lipinski definition) is 1. The second-order valence-corrected chi connectivity index (χ2v) is 5.23. The van der Waals surface area contributed by atoms with Gasteiger partial charge in [0.1, 0.15) is 0 Å². The van der Waals surface area contributed by atoms with Crippen LogP contribution >= 0.6 is 0 Å². The van der Waals surface area contributed by atoms with Crippen LogP contribution in [-0.4, -0.2) is 13.6 Å². The first-order valence-corrected chi connectivity index (χ1v) is 6.14. The molecule has 0 aromatic heterocycles. The fourth-order valence-electron chi connectivity index (χ4n) is 2.15. The number of rotatable bonds is 7. The van der Waals surface area contributed by atoms with Crippen LogP contribution in [0.15, 0.2) is 0 Å². The van der Waals surface area contributed by atoms with E-state index in [4.69, 9.17) is 0 Å². The molecule has 0 rings (SSSR count). The summed E-state index contributed by atoms with van der Waals surface area (Å²) in [6.45, 7) is 12.9. The first kappa shape index (κ1) is 14.0. The van der Waals surface area contributed by atoms with Crippen molar-refractivity contribution in [1.82, 2.24) is 5.32 Å². The molecule has 0 bridgehead atoms. The Bertz CT molecular complexity index is 138. The summed E-state index contributed by atoms with van der Waals surface area (Å²) < 4.78 is 0. The van der Waals surface area contributed by atoms with Crippen molar-refractivity contribution in [3.05, 3.63) is 0 Å². The molecule has 14 heavy (non-hydrogen) atoms. The topological polar surface area (TPSA) is 12.0 Å². The van der Waals surface area contributed by atoms with Crippen LogP contribution < -0.4 is 5.32 Å². The molecule has 1 unspecified atom stereocenters. The van der Waals surface area contributed by atoms with Crippen molar-refractivity contribution in [2.45, 2.75) is 53.9 Å². The molecule has 0 aromatic rings. The Labute approximate surface area is 90.7 Å². The quantitative estimate of drug-likeness (QED) is 0.659. The van der Waals surface area contributed by atoms with Gasteiger partial charge in [0, 0.05) is 6.54 Å². The van der Waals surface area contributed by atoms with Crippen molar-refractivity contribution in [2.75, 3.05) is 13.6 Å². The smallest absolute Gasteiger partial charge is 0.000471 e. The van der Waals surface area contributed by atoms with Gasteiger partial charge >= 0.3 is 0 Å². The van der Waals surface area contributed by atoms with E-state index < -0.39 is 0 Å². The molecular formula is C13H29N. The second kappa shape index (κ2) is 6.44. The normalized spacial score (nSPS) is 16.3. The van der Waals surface area contributed by atoms with E-state index in [9.17, 15) is 0 Å². The van der Waals surface area contributed by atoms with Gasteiger partial charge in [-0.25, -0.2) is 0 Å². The minimum atomic E-state index is 0.464. The number of hydrogen-bond acceptors (Lipinski definition) is 1. The van der Waals surface area contributed by atoms with Crippen LogP contribution in [0.25, 0.3) is 0 Å². The van der Waals surface area contributed by atoms with Crippen molar-refractivity contribution in [2.24, 2.45) is 17.3 Å². The molecule has 0 fully saturated rings. The summed E-state index contributed by atoms with van der Waals surface area (Å²) in [6.07, 6.45) is 4.00. The van der Waals surface area contributed by atoms with Gasteiger partial charge in [-0.1, -0.05) is 47.5 Å². The van der Waals surface area contributed by atoms with Crippen molar-refractivity contribution < 1.29 is 0 Å². The summed E-state index contributed by atoms with van der Waals surface area (Å²) in [5.41, 5.74) is 0.464. The van der Waals surface area contributed by atoms with Gasteiger partial charge in [-0.3, -0.25) is 0 Å². The highest BCUT2D eigenvalue weighted by Gasteiger charge is 2.29. The van der Waals surface area contributed by atoms with E-state index in [2.05, 4.69) is 47.0 Å². The van der Waals surface area contributed by atoms with Crippen LogP contribution in [0, 0.1) is 17.3 Å². The van der Waals surface area contributed by atoms with Crippen molar-refractivity contribution >= 4 is 0 Å². The van der Waals surface area contributed by atoms with E-state index in [1.165, 1.54) is 19.3 Å². The lowest BCUT2D eigenvalue weighted by atomic mass is 9.71. The maximum atomic E-state index is 3.34. The third kappa shape index (κ3) is 4.00. The lowest BCUT2D eigenvalue weighted by Gasteiger charge is -2.36. The summed E-state index contributed by atoms with van der Waals surface area (Å²) in [5, 5.41) is 3.34. The molecule has 1 heteroatoms. The molecule has 1 atom stereocenters. The summed E-state index contributed by atoms with van der Waals surface area (Å²) in [7, 11) is 2.06. The third-order valence-corrected chi connectivity index (χ3v) is 3.88. The standard InChI is InChI=1S/C13H29N/c1-7-12(8-2)9-13(5,10-14-6)11(3)4/h11-12,14H,7-10H2,1-6H3. The summed E-state index contributed by atoms with van der Waals surface area (Å²) >= 11 is 0. The lowest BCUT2D eigenvalue weighted by molar-refractivity contribution is 0.156. The molecule has 1 nitrogen and oxygen atoms in total. The Morgan fingerprint density at radius 1 is 1.14 bits per heavy atom. The molecule has 1 N–H and O–H groups in total. The average molecular weight is 199 g/mol. The van der Waals surface area contributed by atoms with E-state index in [1.807, 2.05) is 0 Å². The van der Waals surface area contributed by atoms with Gasteiger partial charge in [-0.15, -0.1) is 0 Å². The fourth-order valence-corrected chi connectivity index (χ4v) is 2.15. The molecule has 0 heterocycles. The number of nitrogens with one attached hydrogen (secondary N) is 1. The van der Waals surface area contributed by atoms with Crippen LogP contribution in [-0.2, 0) is 0 Å². The van der Waals surface area contributed by atoms with Crippen LogP contribution in [0.2, 0.25) is 0 Å². The minimum Gasteiger partial charge on any atom is -0.319 e. The Hall–Kier alpha value is -0.0400. The first-order chi connectivity index (χ1) is 6.50. The molecule has 0 radical (unpaired) electrons. The molecule has 0 aliphatic heterocycles. The van der Waals surface area contributed by atoms with Crippen molar-refractivity contribution in [3.63, 3.8) is 0 Å². The molecule has 0 saturated heterocycles. The Morgan fingerprint density at radius 3 is 1.93 bits per heavy atom. The van der Waals surface area contributed by atoms with Crippen LogP contribution in [0.4, 0.5) is 0 Å². The molecule has 0 aliphatic carbocycles. The van der Waals surface area contributed by atoms with Crippen molar-refractivity contribution in [1.29, 1.82) is 0 Å².